The van der Waals surface area contributed by atoms with E-state index in [0.29, 0.717) is 12.6 Å². The van der Waals surface area contributed by atoms with Crippen LogP contribution in [0, 0.1) is 5.41 Å². The van der Waals surface area contributed by atoms with Gasteiger partial charge in [0.05, 0.1) is 12.0 Å². The molecule has 0 saturated carbocycles. The van der Waals surface area contributed by atoms with Gasteiger partial charge in [0.15, 0.2) is 0 Å². The maximum Gasteiger partial charge on any atom is 0.314 e. The molecule has 0 aliphatic carbocycles. The molecule has 154 valence electrons. The zero-order chi connectivity index (χ0) is 20.4. The van der Waals surface area contributed by atoms with Crippen molar-refractivity contribution in [2.24, 2.45) is 5.41 Å². The van der Waals surface area contributed by atoms with E-state index in [1.165, 1.54) is 11.1 Å². The highest BCUT2D eigenvalue weighted by atomic mass is 16.5. The third-order valence-corrected chi connectivity index (χ3v) is 6.56. The molecule has 0 amide bonds. The molecule has 0 unspecified atom stereocenters. The fraction of sp³-hybridized carbons (Fsp3) is 0.500. The van der Waals surface area contributed by atoms with Crippen LogP contribution in [0.4, 0.5) is 5.82 Å². The highest BCUT2D eigenvalue weighted by Crippen LogP contribution is 2.52. The molecule has 2 aliphatic heterocycles. The Bertz CT molecular complexity index is 837. The van der Waals surface area contributed by atoms with E-state index in [0.717, 1.165) is 38.0 Å². The SMILES string of the molecule is CCOC(=O)[C@]1(Cc2ccccc2)C[C@@H]2CC[C@H]1N2Cc1ccc(N(C)C)nc1. The molecule has 2 saturated heterocycles. The van der Waals surface area contributed by atoms with Gasteiger partial charge in [-0.3, -0.25) is 9.69 Å². The van der Waals surface area contributed by atoms with Crippen molar-refractivity contribution >= 4 is 11.8 Å². The number of anilines is 1. The summed E-state index contributed by atoms with van der Waals surface area (Å²) < 4.78 is 5.61. The molecular weight excluding hydrogens is 362 g/mol. The molecule has 2 fully saturated rings. The smallest absolute Gasteiger partial charge is 0.314 e. The van der Waals surface area contributed by atoms with Crippen molar-refractivity contribution in [1.29, 1.82) is 0 Å². The lowest BCUT2D eigenvalue weighted by molar-refractivity contribution is -0.157. The van der Waals surface area contributed by atoms with Crippen molar-refractivity contribution in [1.82, 2.24) is 9.88 Å². The van der Waals surface area contributed by atoms with Gasteiger partial charge in [-0.05, 0) is 49.8 Å². The van der Waals surface area contributed by atoms with Crippen molar-refractivity contribution < 1.29 is 9.53 Å². The van der Waals surface area contributed by atoms with E-state index in [1.54, 1.807) is 0 Å². The Hall–Kier alpha value is -2.40. The molecule has 2 aromatic rings. The number of benzene rings is 1. The summed E-state index contributed by atoms with van der Waals surface area (Å²) in [5, 5.41) is 0. The molecule has 4 rings (SSSR count). The second-order valence-electron chi connectivity index (χ2n) is 8.58. The summed E-state index contributed by atoms with van der Waals surface area (Å²) in [5.41, 5.74) is 1.97. The molecule has 0 N–H and O–H groups in total. The summed E-state index contributed by atoms with van der Waals surface area (Å²) in [6, 6.07) is 15.3. The van der Waals surface area contributed by atoms with Crippen LogP contribution < -0.4 is 4.90 Å². The summed E-state index contributed by atoms with van der Waals surface area (Å²) in [4.78, 5) is 22.3. The van der Waals surface area contributed by atoms with Crippen LogP contribution in [0.15, 0.2) is 48.7 Å². The number of aromatic nitrogens is 1. The van der Waals surface area contributed by atoms with Crippen LogP contribution in [0.2, 0.25) is 0 Å². The monoisotopic (exact) mass is 393 g/mol. The lowest BCUT2D eigenvalue weighted by atomic mass is 9.70. The molecule has 5 nitrogen and oxygen atoms in total. The van der Waals surface area contributed by atoms with Crippen LogP contribution in [-0.2, 0) is 22.5 Å². The molecule has 3 atom stereocenters. The number of ether oxygens (including phenoxy) is 1. The molecule has 0 spiro atoms. The fourth-order valence-corrected chi connectivity index (χ4v) is 5.25. The van der Waals surface area contributed by atoms with Crippen LogP contribution in [0.1, 0.15) is 37.3 Å². The van der Waals surface area contributed by atoms with Crippen molar-refractivity contribution in [3.63, 3.8) is 0 Å². The van der Waals surface area contributed by atoms with Gasteiger partial charge >= 0.3 is 5.97 Å². The lowest BCUT2D eigenvalue weighted by Crippen LogP contribution is -2.46. The minimum absolute atomic E-state index is 0.0258. The van der Waals surface area contributed by atoms with Gasteiger partial charge in [0.25, 0.3) is 0 Å². The topological polar surface area (TPSA) is 45.7 Å². The third kappa shape index (κ3) is 3.76. The predicted octanol–water partition coefficient (Wildman–Crippen LogP) is 3.68. The first kappa shape index (κ1) is 19.9. The first-order valence-electron chi connectivity index (χ1n) is 10.6. The van der Waals surface area contributed by atoms with Gasteiger partial charge in [0.2, 0.25) is 0 Å². The first-order valence-corrected chi connectivity index (χ1v) is 10.6. The second kappa shape index (κ2) is 8.15. The Morgan fingerprint density at radius 3 is 2.62 bits per heavy atom. The molecule has 1 aromatic carbocycles. The zero-order valence-corrected chi connectivity index (χ0v) is 17.7. The van der Waals surface area contributed by atoms with Gasteiger partial charge in [-0.2, -0.15) is 0 Å². The van der Waals surface area contributed by atoms with Gasteiger partial charge in [0.1, 0.15) is 5.82 Å². The third-order valence-electron chi connectivity index (χ3n) is 6.56. The minimum Gasteiger partial charge on any atom is -0.466 e. The summed E-state index contributed by atoms with van der Waals surface area (Å²) in [6.45, 7) is 3.17. The van der Waals surface area contributed by atoms with Gasteiger partial charge < -0.3 is 9.64 Å². The minimum atomic E-state index is -0.447. The summed E-state index contributed by atoms with van der Waals surface area (Å²) in [7, 11) is 4.00. The van der Waals surface area contributed by atoms with E-state index in [-0.39, 0.29) is 12.0 Å². The van der Waals surface area contributed by atoms with Gasteiger partial charge in [-0.25, -0.2) is 4.98 Å². The van der Waals surface area contributed by atoms with Crippen LogP contribution in [0.25, 0.3) is 0 Å². The van der Waals surface area contributed by atoms with E-state index in [9.17, 15) is 4.79 Å². The van der Waals surface area contributed by atoms with Crippen molar-refractivity contribution in [2.45, 2.75) is 51.2 Å². The van der Waals surface area contributed by atoms with Gasteiger partial charge in [-0.15, -0.1) is 0 Å². The Balaban J connectivity index is 1.59. The first-order chi connectivity index (χ1) is 14.0. The van der Waals surface area contributed by atoms with E-state index < -0.39 is 5.41 Å². The largest absolute Gasteiger partial charge is 0.466 e. The molecule has 5 heteroatoms. The molecule has 2 bridgehead atoms. The van der Waals surface area contributed by atoms with E-state index in [1.807, 2.05) is 38.2 Å². The molecule has 29 heavy (non-hydrogen) atoms. The summed E-state index contributed by atoms with van der Waals surface area (Å²) >= 11 is 0. The number of hydrogen-bond donors (Lipinski definition) is 0. The van der Waals surface area contributed by atoms with E-state index >= 15 is 0 Å². The van der Waals surface area contributed by atoms with E-state index in [2.05, 4.69) is 46.3 Å². The van der Waals surface area contributed by atoms with Crippen LogP contribution in [-0.4, -0.2) is 48.6 Å². The van der Waals surface area contributed by atoms with Crippen molar-refractivity contribution in [2.75, 3.05) is 25.6 Å². The summed E-state index contributed by atoms with van der Waals surface area (Å²) in [5.74, 6) is 0.935. The van der Waals surface area contributed by atoms with Gasteiger partial charge in [-0.1, -0.05) is 36.4 Å². The van der Waals surface area contributed by atoms with Crippen LogP contribution in [0.3, 0.4) is 0 Å². The fourth-order valence-electron chi connectivity index (χ4n) is 5.25. The normalized spacial score (nSPS) is 25.9. The maximum absolute atomic E-state index is 13.2. The number of hydrogen-bond acceptors (Lipinski definition) is 5. The highest BCUT2D eigenvalue weighted by molar-refractivity contribution is 5.79. The Labute approximate surface area is 173 Å². The summed E-state index contributed by atoms with van der Waals surface area (Å²) in [6.07, 6.45) is 5.82. The lowest BCUT2D eigenvalue weighted by Gasteiger charge is -2.35. The number of pyridine rings is 1. The number of nitrogens with zero attached hydrogens (tertiary/aromatic N) is 3. The van der Waals surface area contributed by atoms with Crippen molar-refractivity contribution in [3.05, 3.63) is 59.8 Å². The quantitative estimate of drug-likeness (QED) is 0.672. The van der Waals surface area contributed by atoms with E-state index in [4.69, 9.17) is 4.74 Å². The Morgan fingerprint density at radius 1 is 1.17 bits per heavy atom. The molecule has 2 aliphatic rings. The number of esters is 1. The predicted molar refractivity (Wildman–Crippen MR) is 115 cm³/mol. The van der Waals surface area contributed by atoms with Gasteiger partial charge in [0, 0.05) is 38.9 Å². The number of carbonyl (C=O) groups is 1. The molecule has 1 aromatic heterocycles. The highest BCUT2D eigenvalue weighted by Gasteiger charge is 2.60. The number of fused-ring (bicyclic) bond motifs is 2. The number of carbonyl (C=O) groups excluding carboxylic acids is 1. The van der Waals surface area contributed by atoms with Crippen LogP contribution in [0.5, 0.6) is 0 Å². The molecule has 3 heterocycles. The van der Waals surface area contributed by atoms with Crippen molar-refractivity contribution in [3.8, 4) is 0 Å². The zero-order valence-electron chi connectivity index (χ0n) is 17.7. The van der Waals surface area contributed by atoms with Crippen LogP contribution >= 0.6 is 0 Å². The Kier molecular flexibility index (Phi) is 5.59. The average Bonchev–Trinajstić information content (AvgIpc) is 3.24. The second-order valence-corrected chi connectivity index (χ2v) is 8.58. The number of rotatable bonds is 7. The average molecular weight is 394 g/mol. The standard InChI is InChI=1S/C24H31N3O2/c1-4-29-23(28)24(14-18-8-6-5-7-9-18)15-20-11-12-21(24)27(20)17-19-10-13-22(25-16-19)26(2)3/h5-10,13,16,20-21H,4,11-12,14-15,17H2,1-3H3/t20-,21+,24+/m0/s1. The maximum atomic E-state index is 13.2. The Morgan fingerprint density at radius 2 is 1.97 bits per heavy atom. The molecular formula is C24H31N3O2. The molecule has 0 radical (unpaired) electrons.